The van der Waals surface area contributed by atoms with Gasteiger partial charge in [0.05, 0.1) is 23.4 Å². The molecule has 5 nitrogen and oxygen atoms in total. The van der Waals surface area contributed by atoms with Crippen LogP contribution < -0.4 is 9.54 Å². The van der Waals surface area contributed by atoms with Crippen molar-refractivity contribution in [1.82, 2.24) is 4.57 Å². The van der Waals surface area contributed by atoms with E-state index in [1.165, 1.54) is 17.4 Å². The van der Waals surface area contributed by atoms with E-state index in [0.29, 0.717) is 11.4 Å². The van der Waals surface area contributed by atoms with Crippen molar-refractivity contribution in [3.05, 3.63) is 40.5 Å². The average Bonchev–Trinajstić information content (AvgIpc) is 3.17. The Morgan fingerprint density at radius 1 is 1.38 bits per heavy atom. The summed E-state index contributed by atoms with van der Waals surface area (Å²) in [7, 11) is -3.75. The molecule has 8 heteroatoms. The van der Waals surface area contributed by atoms with Crippen LogP contribution >= 0.6 is 22.7 Å². The fraction of sp³-hybridized carbons (Fsp3) is 0.188. The van der Waals surface area contributed by atoms with Gasteiger partial charge in [-0.15, -0.1) is 22.2 Å². The molecule has 0 saturated heterocycles. The van der Waals surface area contributed by atoms with Crippen molar-refractivity contribution in [2.24, 2.45) is 4.40 Å². The first-order valence-electron chi connectivity index (χ1n) is 7.09. The first kappa shape index (κ1) is 16.8. The molecule has 0 amide bonds. The van der Waals surface area contributed by atoms with Gasteiger partial charge < -0.3 is 9.30 Å². The number of hydrogen-bond acceptors (Lipinski definition) is 5. The van der Waals surface area contributed by atoms with E-state index >= 15 is 0 Å². The number of rotatable bonds is 5. The third-order valence-electron chi connectivity index (χ3n) is 3.16. The van der Waals surface area contributed by atoms with Crippen LogP contribution in [0.1, 0.15) is 6.92 Å². The highest BCUT2D eigenvalue weighted by Gasteiger charge is 2.15. The molecule has 0 N–H and O–H groups in total. The van der Waals surface area contributed by atoms with Gasteiger partial charge in [0, 0.05) is 0 Å². The molecule has 0 spiro atoms. The Morgan fingerprint density at radius 3 is 2.88 bits per heavy atom. The van der Waals surface area contributed by atoms with Gasteiger partial charge in [0.15, 0.2) is 0 Å². The summed E-state index contributed by atoms with van der Waals surface area (Å²) in [5.41, 5.74) is 0.835. The fourth-order valence-electron chi connectivity index (χ4n) is 2.18. The second-order valence-corrected chi connectivity index (χ2v) is 8.52. The van der Waals surface area contributed by atoms with E-state index < -0.39 is 10.0 Å². The molecule has 0 aliphatic heterocycles. The number of terminal acetylenes is 1. The van der Waals surface area contributed by atoms with E-state index in [1.807, 2.05) is 25.1 Å². The summed E-state index contributed by atoms with van der Waals surface area (Å²) in [5.74, 6) is 3.28. The molecule has 0 atom stereocenters. The number of thiazole rings is 1. The molecular weight excluding hydrogens is 364 g/mol. The standard InChI is InChI=1S/C16H14N2O3S3/c1-3-9-18-13-8-7-12(21-4-2)11-14(13)23-16(18)17-24(19,20)15-6-5-10-22-15/h1,5-8,10-11H,4,9H2,2H3. The van der Waals surface area contributed by atoms with Crippen LogP contribution in [-0.2, 0) is 16.6 Å². The minimum atomic E-state index is -3.75. The van der Waals surface area contributed by atoms with Crippen molar-refractivity contribution < 1.29 is 13.2 Å². The van der Waals surface area contributed by atoms with Crippen LogP contribution in [0.2, 0.25) is 0 Å². The molecule has 124 valence electrons. The first-order valence-corrected chi connectivity index (χ1v) is 10.2. The second-order valence-electron chi connectivity index (χ2n) is 4.74. The van der Waals surface area contributed by atoms with Gasteiger partial charge in [-0.05, 0) is 36.6 Å². The number of thiophene rings is 1. The van der Waals surface area contributed by atoms with E-state index in [2.05, 4.69) is 10.3 Å². The molecule has 1 aromatic carbocycles. The maximum atomic E-state index is 12.4. The lowest BCUT2D eigenvalue weighted by Gasteiger charge is -2.03. The van der Waals surface area contributed by atoms with Gasteiger partial charge in [0.2, 0.25) is 4.80 Å². The molecule has 24 heavy (non-hydrogen) atoms. The molecular formula is C16H14N2O3S3. The Kier molecular flexibility index (Phi) is 4.76. The quantitative estimate of drug-likeness (QED) is 0.641. The summed E-state index contributed by atoms with van der Waals surface area (Å²) in [4.78, 5) is 0.352. The van der Waals surface area contributed by atoms with Crippen LogP contribution in [0, 0.1) is 12.3 Å². The van der Waals surface area contributed by atoms with E-state index in [9.17, 15) is 8.42 Å². The summed E-state index contributed by atoms with van der Waals surface area (Å²) in [5, 5.41) is 1.71. The van der Waals surface area contributed by atoms with Gasteiger partial charge in [0.25, 0.3) is 10.0 Å². The maximum Gasteiger partial charge on any atom is 0.294 e. The number of benzene rings is 1. The number of sulfonamides is 1. The molecule has 0 bridgehead atoms. The summed E-state index contributed by atoms with van der Waals surface area (Å²) >= 11 is 2.41. The molecule has 0 fully saturated rings. The fourth-order valence-corrected chi connectivity index (χ4v) is 5.41. The summed E-state index contributed by atoms with van der Waals surface area (Å²) in [6.07, 6.45) is 5.44. The second kappa shape index (κ2) is 6.81. The zero-order valence-corrected chi connectivity index (χ0v) is 15.2. The number of nitrogens with zero attached hydrogens (tertiary/aromatic N) is 2. The lowest BCUT2D eigenvalue weighted by atomic mass is 10.3. The molecule has 0 saturated carbocycles. The van der Waals surface area contributed by atoms with Crippen LogP contribution in [0.4, 0.5) is 0 Å². The number of ether oxygens (including phenoxy) is 1. The number of aromatic nitrogens is 1. The highest BCUT2D eigenvalue weighted by Crippen LogP contribution is 2.24. The zero-order chi connectivity index (χ0) is 17.2. The smallest absolute Gasteiger partial charge is 0.294 e. The molecule has 3 rings (SSSR count). The lowest BCUT2D eigenvalue weighted by molar-refractivity contribution is 0.341. The summed E-state index contributed by atoms with van der Waals surface area (Å²) < 4.78 is 37.1. The Balaban J connectivity index is 2.21. The average molecular weight is 379 g/mol. The summed E-state index contributed by atoms with van der Waals surface area (Å²) in [6, 6.07) is 8.79. The largest absolute Gasteiger partial charge is 0.494 e. The SMILES string of the molecule is C#CCn1c(=NS(=O)(=O)c2cccs2)sc2cc(OCC)ccc21. The molecule has 3 aromatic rings. The molecule has 0 radical (unpaired) electrons. The Hall–Kier alpha value is -2.08. The van der Waals surface area contributed by atoms with Gasteiger partial charge in [-0.1, -0.05) is 23.3 Å². The van der Waals surface area contributed by atoms with Crippen molar-refractivity contribution in [3.63, 3.8) is 0 Å². The first-order chi connectivity index (χ1) is 11.5. The molecule has 2 aromatic heterocycles. The third kappa shape index (κ3) is 3.24. The summed E-state index contributed by atoms with van der Waals surface area (Å²) in [6.45, 7) is 2.71. The van der Waals surface area contributed by atoms with Gasteiger partial charge in [-0.3, -0.25) is 0 Å². The van der Waals surface area contributed by atoms with Gasteiger partial charge in [0.1, 0.15) is 9.96 Å². The van der Waals surface area contributed by atoms with E-state index in [-0.39, 0.29) is 10.8 Å². The van der Waals surface area contributed by atoms with Crippen LogP contribution in [0.25, 0.3) is 10.2 Å². The Labute approximate surface area is 147 Å². The predicted octanol–water partition coefficient (Wildman–Crippen LogP) is 3.09. The van der Waals surface area contributed by atoms with E-state index in [1.54, 1.807) is 16.0 Å². The van der Waals surface area contributed by atoms with Crippen LogP contribution in [0.5, 0.6) is 5.75 Å². The zero-order valence-electron chi connectivity index (χ0n) is 12.8. The molecule has 0 aliphatic rings. The molecule has 2 heterocycles. The van der Waals surface area contributed by atoms with Crippen molar-refractivity contribution in [2.75, 3.05) is 6.61 Å². The predicted molar refractivity (Wildman–Crippen MR) is 96.9 cm³/mol. The highest BCUT2D eigenvalue weighted by molar-refractivity contribution is 7.92. The number of hydrogen-bond donors (Lipinski definition) is 0. The monoisotopic (exact) mass is 378 g/mol. The highest BCUT2D eigenvalue weighted by atomic mass is 32.2. The van der Waals surface area contributed by atoms with E-state index in [0.717, 1.165) is 27.3 Å². The van der Waals surface area contributed by atoms with Crippen molar-refractivity contribution >= 4 is 42.9 Å². The Morgan fingerprint density at radius 2 is 2.21 bits per heavy atom. The normalized spacial score (nSPS) is 12.4. The minimum absolute atomic E-state index is 0.210. The van der Waals surface area contributed by atoms with Crippen LogP contribution in [0.3, 0.4) is 0 Å². The van der Waals surface area contributed by atoms with Crippen molar-refractivity contribution in [2.45, 2.75) is 17.7 Å². The number of fused-ring (bicyclic) bond motifs is 1. The topological polar surface area (TPSA) is 60.7 Å². The van der Waals surface area contributed by atoms with Crippen molar-refractivity contribution in [1.29, 1.82) is 0 Å². The van der Waals surface area contributed by atoms with Gasteiger partial charge in [-0.25, -0.2) is 0 Å². The van der Waals surface area contributed by atoms with Crippen LogP contribution in [-0.4, -0.2) is 19.6 Å². The van der Waals surface area contributed by atoms with Crippen LogP contribution in [0.15, 0.2) is 44.3 Å². The molecule has 0 aliphatic carbocycles. The molecule has 0 unspecified atom stereocenters. The van der Waals surface area contributed by atoms with E-state index in [4.69, 9.17) is 11.2 Å². The lowest BCUT2D eigenvalue weighted by Crippen LogP contribution is -2.16. The Bertz CT molecular complexity index is 1070. The van der Waals surface area contributed by atoms with Crippen molar-refractivity contribution in [3.8, 4) is 18.1 Å². The van der Waals surface area contributed by atoms with Gasteiger partial charge in [-0.2, -0.15) is 8.42 Å². The maximum absolute atomic E-state index is 12.4. The minimum Gasteiger partial charge on any atom is -0.494 e. The third-order valence-corrected chi connectivity index (χ3v) is 6.96. The van der Waals surface area contributed by atoms with Gasteiger partial charge >= 0.3 is 0 Å².